The predicted octanol–water partition coefficient (Wildman–Crippen LogP) is 6.14. The Bertz CT molecular complexity index is 562. The van der Waals surface area contributed by atoms with Crippen LogP contribution in [0.25, 0.3) is 0 Å². The highest BCUT2D eigenvalue weighted by Crippen LogP contribution is 2.48. The molecule has 116 valence electrons. The van der Waals surface area contributed by atoms with Gasteiger partial charge < -0.3 is 0 Å². The van der Waals surface area contributed by atoms with Gasteiger partial charge in [-0.25, -0.2) is 6.07 Å². The van der Waals surface area contributed by atoms with E-state index in [0.717, 1.165) is 0 Å². The molecule has 0 bridgehead atoms. The molecular formula is C21H31-. The minimum atomic E-state index is 0.0769. The summed E-state index contributed by atoms with van der Waals surface area (Å²) in [5.74, 6) is 0.523. The van der Waals surface area contributed by atoms with Crippen LogP contribution in [-0.2, 0) is 10.8 Å². The number of hydrogen-bond donors (Lipinski definition) is 0. The van der Waals surface area contributed by atoms with Crippen molar-refractivity contribution in [3.63, 3.8) is 0 Å². The summed E-state index contributed by atoms with van der Waals surface area (Å²) >= 11 is 0. The molecule has 0 heterocycles. The lowest BCUT2D eigenvalue weighted by Crippen LogP contribution is -2.31. The van der Waals surface area contributed by atoms with Gasteiger partial charge in [0.05, 0.1) is 0 Å². The Labute approximate surface area is 131 Å². The van der Waals surface area contributed by atoms with Gasteiger partial charge in [0.1, 0.15) is 0 Å². The molecule has 2 rings (SSSR count). The van der Waals surface area contributed by atoms with Crippen molar-refractivity contribution in [3.8, 4) is 0 Å². The Hall–Kier alpha value is -1.17. The molecule has 0 spiro atoms. The van der Waals surface area contributed by atoms with Crippen molar-refractivity contribution < 1.29 is 0 Å². The molecule has 1 aliphatic rings. The smallest absolute Gasteiger partial charge is 0.00296 e. The zero-order valence-electron chi connectivity index (χ0n) is 15.0. The normalized spacial score (nSPS) is 20.0. The highest BCUT2D eigenvalue weighted by atomic mass is 14.4. The molecule has 1 atom stereocenters. The van der Waals surface area contributed by atoms with Gasteiger partial charge in [-0.05, 0) is 16.2 Å². The van der Waals surface area contributed by atoms with E-state index in [4.69, 9.17) is 0 Å². The summed E-state index contributed by atoms with van der Waals surface area (Å²) in [7, 11) is 0. The molecule has 21 heavy (non-hydrogen) atoms. The van der Waals surface area contributed by atoms with Crippen molar-refractivity contribution in [2.75, 3.05) is 0 Å². The lowest BCUT2D eigenvalue weighted by Gasteiger charge is -2.43. The third kappa shape index (κ3) is 2.91. The fraction of sp³-hybridized carbons (Fsp3) is 0.571. The van der Waals surface area contributed by atoms with E-state index in [9.17, 15) is 0 Å². The highest BCUT2D eigenvalue weighted by Gasteiger charge is 2.35. The molecule has 1 aliphatic carbocycles. The quantitative estimate of drug-likeness (QED) is 0.572. The van der Waals surface area contributed by atoms with Gasteiger partial charge in [0, 0.05) is 5.92 Å². The minimum Gasteiger partial charge on any atom is -0.209 e. The summed E-state index contributed by atoms with van der Waals surface area (Å²) in [6.07, 6.45) is 6.96. The maximum atomic E-state index is 2.38. The van der Waals surface area contributed by atoms with Gasteiger partial charge >= 0.3 is 0 Å². The molecule has 0 fully saturated rings. The largest absolute Gasteiger partial charge is 0.209 e. The summed E-state index contributed by atoms with van der Waals surface area (Å²) in [5.41, 5.74) is 5.05. The van der Waals surface area contributed by atoms with E-state index in [1.807, 2.05) is 0 Å². The van der Waals surface area contributed by atoms with Crippen LogP contribution in [0.5, 0.6) is 0 Å². The monoisotopic (exact) mass is 283 g/mol. The van der Waals surface area contributed by atoms with Crippen molar-refractivity contribution in [1.82, 2.24) is 0 Å². The fourth-order valence-corrected chi connectivity index (χ4v) is 3.60. The topological polar surface area (TPSA) is 0 Å². The van der Waals surface area contributed by atoms with Gasteiger partial charge in [-0.15, -0.1) is 0 Å². The van der Waals surface area contributed by atoms with E-state index >= 15 is 0 Å². The lowest BCUT2D eigenvalue weighted by atomic mass is 9.65. The van der Waals surface area contributed by atoms with Crippen molar-refractivity contribution in [1.29, 1.82) is 0 Å². The third-order valence-electron chi connectivity index (χ3n) is 4.87. The molecule has 0 nitrogen and oxygen atoms in total. The van der Waals surface area contributed by atoms with Crippen molar-refractivity contribution in [2.24, 2.45) is 11.3 Å². The third-order valence-corrected chi connectivity index (χ3v) is 4.87. The van der Waals surface area contributed by atoms with Crippen LogP contribution in [0.1, 0.15) is 66.5 Å². The van der Waals surface area contributed by atoms with E-state index in [0.29, 0.717) is 5.92 Å². The molecule has 0 amide bonds. The van der Waals surface area contributed by atoms with Crippen LogP contribution in [0.4, 0.5) is 0 Å². The average Bonchev–Trinajstić information content (AvgIpc) is 2.97. The SMILES string of the molecule is CC(C)(C)c1[cH-]ccc1C(C)(C)C1=CC=CC1C(C)(C)C. The summed E-state index contributed by atoms with van der Waals surface area (Å²) in [5, 5.41) is 0. The molecule has 1 aromatic rings. The average molecular weight is 283 g/mol. The summed E-state index contributed by atoms with van der Waals surface area (Å²) in [6, 6.07) is 6.83. The molecule has 0 heteroatoms. The van der Waals surface area contributed by atoms with Gasteiger partial charge in [0.25, 0.3) is 0 Å². The molecule has 1 unspecified atom stereocenters. The number of rotatable bonds is 2. The zero-order chi connectivity index (χ0) is 16.1. The van der Waals surface area contributed by atoms with Crippen LogP contribution in [-0.4, -0.2) is 0 Å². The number of allylic oxidation sites excluding steroid dienone is 4. The first kappa shape index (κ1) is 16.2. The Morgan fingerprint density at radius 3 is 2.10 bits per heavy atom. The maximum absolute atomic E-state index is 2.38. The summed E-state index contributed by atoms with van der Waals surface area (Å²) < 4.78 is 0. The van der Waals surface area contributed by atoms with Crippen LogP contribution in [0.2, 0.25) is 0 Å². The zero-order valence-corrected chi connectivity index (χ0v) is 15.0. The first-order valence-corrected chi connectivity index (χ1v) is 8.11. The van der Waals surface area contributed by atoms with Crippen LogP contribution >= 0.6 is 0 Å². The maximum Gasteiger partial charge on any atom is 0.00296 e. The van der Waals surface area contributed by atoms with E-state index in [2.05, 4.69) is 91.8 Å². The lowest BCUT2D eigenvalue weighted by molar-refractivity contribution is 0.308. The first-order chi connectivity index (χ1) is 9.45. The van der Waals surface area contributed by atoms with Gasteiger partial charge in [-0.1, -0.05) is 79.2 Å². The fourth-order valence-electron chi connectivity index (χ4n) is 3.60. The van der Waals surface area contributed by atoms with Crippen LogP contribution in [0, 0.1) is 11.3 Å². The second-order valence-corrected chi connectivity index (χ2v) is 9.08. The van der Waals surface area contributed by atoms with E-state index < -0.39 is 0 Å². The molecular weight excluding hydrogens is 252 g/mol. The summed E-state index contributed by atoms with van der Waals surface area (Å²) in [4.78, 5) is 0. The van der Waals surface area contributed by atoms with Crippen molar-refractivity contribution in [2.45, 2.75) is 66.2 Å². The van der Waals surface area contributed by atoms with Gasteiger partial charge in [-0.2, -0.15) is 23.3 Å². The Balaban J connectivity index is 2.47. The predicted molar refractivity (Wildman–Crippen MR) is 93.9 cm³/mol. The van der Waals surface area contributed by atoms with Crippen LogP contribution in [0.3, 0.4) is 0 Å². The van der Waals surface area contributed by atoms with Gasteiger partial charge in [-0.3, -0.25) is 0 Å². The number of hydrogen-bond acceptors (Lipinski definition) is 0. The highest BCUT2D eigenvalue weighted by molar-refractivity contribution is 5.48. The minimum absolute atomic E-state index is 0.0769. The molecule has 0 aliphatic heterocycles. The molecule has 0 N–H and O–H groups in total. The molecule has 0 aromatic heterocycles. The van der Waals surface area contributed by atoms with E-state index in [1.54, 1.807) is 5.57 Å². The Morgan fingerprint density at radius 1 is 0.952 bits per heavy atom. The second kappa shape index (κ2) is 4.93. The molecule has 0 saturated heterocycles. The van der Waals surface area contributed by atoms with Crippen LogP contribution < -0.4 is 0 Å². The first-order valence-electron chi connectivity index (χ1n) is 8.11. The van der Waals surface area contributed by atoms with Crippen LogP contribution in [0.15, 0.2) is 42.0 Å². The van der Waals surface area contributed by atoms with Crippen molar-refractivity contribution in [3.05, 3.63) is 53.1 Å². The molecule has 1 aromatic carbocycles. The molecule has 0 saturated carbocycles. The van der Waals surface area contributed by atoms with Gasteiger partial charge in [0.15, 0.2) is 0 Å². The van der Waals surface area contributed by atoms with E-state index in [-0.39, 0.29) is 16.2 Å². The Kier molecular flexibility index (Phi) is 3.81. The molecule has 0 radical (unpaired) electrons. The standard InChI is InChI=1S/C21H31/c1-19(2,3)15-11-9-13-17(15)21(7,8)18-14-10-12-16(18)20(4,5)6/h9-15H,1-8H3/q-1. The van der Waals surface area contributed by atoms with Gasteiger partial charge in [0.2, 0.25) is 0 Å². The Morgan fingerprint density at radius 2 is 1.57 bits per heavy atom. The van der Waals surface area contributed by atoms with Crippen molar-refractivity contribution >= 4 is 0 Å². The second-order valence-electron chi connectivity index (χ2n) is 9.08. The summed E-state index contributed by atoms with van der Waals surface area (Å²) in [6.45, 7) is 18.7. The van der Waals surface area contributed by atoms with E-state index in [1.165, 1.54) is 11.1 Å².